The smallest absolute Gasteiger partial charge is 0.0216 e. The lowest BCUT2D eigenvalue weighted by Crippen LogP contribution is -2.12. The van der Waals surface area contributed by atoms with Crippen LogP contribution in [0.3, 0.4) is 0 Å². The normalized spacial score (nSPS) is 10.7. The standard InChI is InChI=1S/C17H21NS/c1-4-18-12-15-7-5-6-8-17(15)19-16-10-13(2)9-14(3)11-16/h5-11,18H,4,12H2,1-3H3. The van der Waals surface area contributed by atoms with Gasteiger partial charge < -0.3 is 5.32 Å². The maximum Gasteiger partial charge on any atom is 0.0216 e. The first-order chi connectivity index (χ1) is 9.19. The summed E-state index contributed by atoms with van der Waals surface area (Å²) in [4.78, 5) is 2.66. The molecule has 0 atom stereocenters. The first-order valence-electron chi connectivity index (χ1n) is 6.74. The van der Waals surface area contributed by atoms with Crippen molar-refractivity contribution < 1.29 is 0 Å². The molecule has 0 saturated carbocycles. The molecule has 0 spiro atoms. The Balaban J connectivity index is 2.22. The molecule has 2 aromatic carbocycles. The third-order valence-electron chi connectivity index (χ3n) is 2.96. The molecule has 0 aliphatic rings. The van der Waals surface area contributed by atoms with Gasteiger partial charge in [0, 0.05) is 16.3 Å². The van der Waals surface area contributed by atoms with Gasteiger partial charge in [0.25, 0.3) is 0 Å². The number of nitrogens with one attached hydrogen (secondary N) is 1. The van der Waals surface area contributed by atoms with E-state index >= 15 is 0 Å². The Bertz CT molecular complexity index is 528. The molecule has 1 N–H and O–H groups in total. The van der Waals surface area contributed by atoms with Crippen LogP contribution in [-0.2, 0) is 6.54 Å². The van der Waals surface area contributed by atoms with Crippen molar-refractivity contribution in [3.05, 3.63) is 59.2 Å². The second kappa shape index (κ2) is 6.78. The fraction of sp³-hybridized carbons (Fsp3) is 0.294. The van der Waals surface area contributed by atoms with Gasteiger partial charge in [-0.2, -0.15) is 0 Å². The van der Waals surface area contributed by atoms with Crippen molar-refractivity contribution in [1.29, 1.82) is 0 Å². The van der Waals surface area contributed by atoms with E-state index < -0.39 is 0 Å². The van der Waals surface area contributed by atoms with Crippen molar-refractivity contribution in [1.82, 2.24) is 5.32 Å². The van der Waals surface area contributed by atoms with Gasteiger partial charge in [0.15, 0.2) is 0 Å². The van der Waals surface area contributed by atoms with Gasteiger partial charge in [-0.1, -0.05) is 43.0 Å². The lowest BCUT2D eigenvalue weighted by Gasteiger charge is -2.10. The van der Waals surface area contributed by atoms with Gasteiger partial charge in [-0.3, -0.25) is 0 Å². The molecular formula is C17H21NS. The fourth-order valence-electron chi connectivity index (χ4n) is 2.13. The molecule has 0 aromatic heterocycles. The minimum Gasteiger partial charge on any atom is -0.313 e. The second-order valence-corrected chi connectivity index (χ2v) is 5.93. The molecule has 2 heteroatoms. The molecule has 0 amide bonds. The predicted octanol–water partition coefficient (Wildman–Crippen LogP) is 4.56. The lowest BCUT2D eigenvalue weighted by atomic mass is 10.2. The van der Waals surface area contributed by atoms with Crippen LogP contribution in [0, 0.1) is 13.8 Å². The van der Waals surface area contributed by atoms with Crippen molar-refractivity contribution in [2.45, 2.75) is 37.1 Å². The minimum atomic E-state index is 0.935. The van der Waals surface area contributed by atoms with Gasteiger partial charge in [-0.15, -0.1) is 0 Å². The van der Waals surface area contributed by atoms with E-state index in [0.717, 1.165) is 13.1 Å². The summed E-state index contributed by atoms with van der Waals surface area (Å²) in [5.41, 5.74) is 4.02. The molecule has 1 nitrogen and oxygen atoms in total. The Morgan fingerprint density at radius 3 is 2.37 bits per heavy atom. The maximum absolute atomic E-state index is 3.40. The van der Waals surface area contributed by atoms with Gasteiger partial charge in [0.1, 0.15) is 0 Å². The highest BCUT2D eigenvalue weighted by Gasteiger charge is 2.04. The molecule has 0 bridgehead atoms. The first kappa shape index (κ1) is 14.2. The molecule has 0 saturated heterocycles. The van der Waals surface area contributed by atoms with Crippen LogP contribution >= 0.6 is 11.8 Å². The summed E-state index contributed by atoms with van der Waals surface area (Å²) >= 11 is 1.85. The highest BCUT2D eigenvalue weighted by Crippen LogP contribution is 2.31. The highest BCUT2D eigenvalue weighted by atomic mass is 32.2. The highest BCUT2D eigenvalue weighted by molar-refractivity contribution is 7.99. The molecule has 2 aromatic rings. The average Bonchev–Trinajstić information content (AvgIpc) is 2.36. The second-order valence-electron chi connectivity index (χ2n) is 4.81. The zero-order chi connectivity index (χ0) is 13.7. The van der Waals surface area contributed by atoms with Crippen molar-refractivity contribution >= 4 is 11.8 Å². The summed E-state index contributed by atoms with van der Waals surface area (Å²) in [6.45, 7) is 8.38. The molecule has 0 fully saturated rings. The maximum atomic E-state index is 3.40. The van der Waals surface area contributed by atoms with E-state index in [4.69, 9.17) is 0 Å². The van der Waals surface area contributed by atoms with Crippen LogP contribution in [0.15, 0.2) is 52.3 Å². The molecular weight excluding hydrogens is 250 g/mol. The van der Waals surface area contributed by atoms with Gasteiger partial charge in [0.2, 0.25) is 0 Å². The first-order valence-corrected chi connectivity index (χ1v) is 7.55. The Kier molecular flexibility index (Phi) is 5.06. The third kappa shape index (κ3) is 4.12. The number of hydrogen-bond donors (Lipinski definition) is 1. The molecule has 0 aliphatic carbocycles. The van der Waals surface area contributed by atoms with E-state index in [0.29, 0.717) is 0 Å². The van der Waals surface area contributed by atoms with Crippen molar-refractivity contribution in [3.63, 3.8) is 0 Å². The molecule has 100 valence electrons. The number of hydrogen-bond acceptors (Lipinski definition) is 2. The van der Waals surface area contributed by atoms with E-state index in [1.807, 2.05) is 11.8 Å². The molecule has 0 radical (unpaired) electrons. The Morgan fingerprint density at radius 1 is 1.00 bits per heavy atom. The number of aryl methyl sites for hydroxylation is 2. The molecule has 0 aliphatic heterocycles. The largest absolute Gasteiger partial charge is 0.313 e. The third-order valence-corrected chi connectivity index (χ3v) is 4.05. The van der Waals surface area contributed by atoms with E-state index in [1.54, 1.807) is 0 Å². The summed E-state index contributed by atoms with van der Waals surface area (Å²) in [7, 11) is 0. The van der Waals surface area contributed by atoms with Gasteiger partial charge in [0.05, 0.1) is 0 Å². The Labute approximate surface area is 120 Å². The van der Waals surface area contributed by atoms with Crippen LogP contribution in [0.4, 0.5) is 0 Å². The minimum absolute atomic E-state index is 0.935. The SMILES string of the molecule is CCNCc1ccccc1Sc1cc(C)cc(C)c1. The van der Waals surface area contributed by atoms with Crippen LogP contribution in [0.1, 0.15) is 23.6 Å². The monoisotopic (exact) mass is 271 g/mol. The zero-order valence-electron chi connectivity index (χ0n) is 11.9. The number of rotatable bonds is 5. The average molecular weight is 271 g/mol. The Hall–Kier alpha value is -1.25. The molecule has 0 heterocycles. The van der Waals surface area contributed by atoms with Gasteiger partial charge >= 0.3 is 0 Å². The Morgan fingerprint density at radius 2 is 1.68 bits per heavy atom. The predicted molar refractivity (Wildman–Crippen MR) is 83.9 cm³/mol. The summed E-state index contributed by atoms with van der Waals surface area (Å²) < 4.78 is 0. The topological polar surface area (TPSA) is 12.0 Å². The summed E-state index contributed by atoms with van der Waals surface area (Å²) in [5.74, 6) is 0. The van der Waals surface area contributed by atoms with Crippen molar-refractivity contribution in [3.8, 4) is 0 Å². The summed E-state index contributed by atoms with van der Waals surface area (Å²) in [6, 6.07) is 15.3. The summed E-state index contributed by atoms with van der Waals surface area (Å²) in [6.07, 6.45) is 0. The van der Waals surface area contributed by atoms with E-state index in [-0.39, 0.29) is 0 Å². The van der Waals surface area contributed by atoms with Crippen LogP contribution in [-0.4, -0.2) is 6.54 Å². The molecule has 19 heavy (non-hydrogen) atoms. The van der Waals surface area contributed by atoms with Gasteiger partial charge in [-0.25, -0.2) is 0 Å². The lowest BCUT2D eigenvalue weighted by molar-refractivity contribution is 0.718. The van der Waals surface area contributed by atoms with Crippen molar-refractivity contribution in [2.75, 3.05) is 6.54 Å². The fourth-order valence-corrected chi connectivity index (χ4v) is 3.29. The van der Waals surface area contributed by atoms with Crippen LogP contribution in [0.5, 0.6) is 0 Å². The van der Waals surface area contributed by atoms with E-state index in [1.165, 1.54) is 26.5 Å². The molecule has 2 rings (SSSR count). The quantitative estimate of drug-likeness (QED) is 0.855. The van der Waals surface area contributed by atoms with E-state index in [9.17, 15) is 0 Å². The zero-order valence-corrected chi connectivity index (χ0v) is 12.7. The van der Waals surface area contributed by atoms with Crippen LogP contribution in [0.25, 0.3) is 0 Å². The van der Waals surface area contributed by atoms with Crippen LogP contribution < -0.4 is 5.32 Å². The van der Waals surface area contributed by atoms with Crippen molar-refractivity contribution in [2.24, 2.45) is 0 Å². The summed E-state index contributed by atoms with van der Waals surface area (Å²) in [5, 5.41) is 3.40. The van der Waals surface area contributed by atoms with Gasteiger partial charge in [-0.05, 0) is 55.3 Å². The molecule has 0 unspecified atom stereocenters. The van der Waals surface area contributed by atoms with Crippen LogP contribution in [0.2, 0.25) is 0 Å². The van der Waals surface area contributed by atoms with E-state index in [2.05, 4.69) is 68.6 Å². The number of benzene rings is 2.